The molecule has 1 atom stereocenters. The lowest BCUT2D eigenvalue weighted by atomic mass is 9.96. The molecule has 1 fully saturated rings. The van der Waals surface area contributed by atoms with Crippen LogP contribution < -0.4 is 5.32 Å². The molecular formula is C15H24N2. The molecule has 2 nitrogen and oxygen atoms in total. The van der Waals surface area contributed by atoms with Crippen LogP contribution in [0.3, 0.4) is 0 Å². The summed E-state index contributed by atoms with van der Waals surface area (Å²) in [6.07, 6.45) is 6.63. The fourth-order valence-electron chi connectivity index (χ4n) is 2.81. The molecule has 0 amide bonds. The minimum Gasteiger partial charge on any atom is -0.388 e. The first kappa shape index (κ1) is 12.4. The van der Waals surface area contributed by atoms with Gasteiger partial charge in [0.05, 0.1) is 0 Å². The first-order valence-corrected chi connectivity index (χ1v) is 6.77. The van der Waals surface area contributed by atoms with Crippen molar-refractivity contribution in [1.82, 2.24) is 4.90 Å². The van der Waals surface area contributed by atoms with Crippen LogP contribution >= 0.6 is 0 Å². The summed E-state index contributed by atoms with van der Waals surface area (Å²) in [5.74, 6) is 0. The summed E-state index contributed by atoms with van der Waals surface area (Å²) in [5.41, 5.74) is 2.74. The molecule has 1 aromatic rings. The van der Waals surface area contributed by atoms with Crippen molar-refractivity contribution in [2.24, 2.45) is 0 Å². The molecule has 0 unspecified atom stereocenters. The molecule has 0 saturated carbocycles. The Morgan fingerprint density at radius 1 is 1.29 bits per heavy atom. The predicted octanol–water partition coefficient (Wildman–Crippen LogP) is 3.15. The average Bonchev–Trinajstić information content (AvgIpc) is 2.38. The number of anilines is 1. The third-order valence-electron chi connectivity index (χ3n) is 3.96. The van der Waals surface area contributed by atoms with Gasteiger partial charge in [0.15, 0.2) is 0 Å². The van der Waals surface area contributed by atoms with Crippen LogP contribution in [0.15, 0.2) is 24.3 Å². The van der Waals surface area contributed by atoms with Gasteiger partial charge in [0.25, 0.3) is 0 Å². The van der Waals surface area contributed by atoms with Crippen molar-refractivity contribution in [2.45, 2.75) is 38.1 Å². The molecule has 2 rings (SSSR count). The quantitative estimate of drug-likeness (QED) is 0.858. The van der Waals surface area contributed by atoms with E-state index in [4.69, 9.17) is 0 Å². The standard InChI is InChI=1S/C15H24N2/c1-16-15-9-4-3-7-13(15)10-11-14-8-5-6-12-17(14)2/h3-4,7,9,14,16H,5-6,8,10-12H2,1-2H3/t14-/m1/s1. The number of para-hydroxylation sites is 1. The molecule has 0 spiro atoms. The van der Waals surface area contributed by atoms with Gasteiger partial charge in [0.1, 0.15) is 0 Å². The molecule has 1 N–H and O–H groups in total. The molecule has 1 aromatic carbocycles. The smallest absolute Gasteiger partial charge is 0.0370 e. The first-order chi connectivity index (χ1) is 8.31. The second kappa shape index (κ2) is 6.06. The Bertz CT molecular complexity index is 349. The number of piperidine rings is 1. The van der Waals surface area contributed by atoms with Gasteiger partial charge in [-0.2, -0.15) is 0 Å². The Kier molecular flexibility index (Phi) is 4.43. The monoisotopic (exact) mass is 232 g/mol. The Morgan fingerprint density at radius 3 is 2.88 bits per heavy atom. The zero-order valence-electron chi connectivity index (χ0n) is 11.1. The largest absolute Gasteiger partial charge is 0.388 e. The van der Waals surface area contributed by atoms with Crippen LogP contribution in [0.4, 0.5) is 5.69 Å². The fourth-order valence-corrected chi connectivity index (χ4v) is 2.81. The van der Waals surface area contributed by atoms with Crippen LogP contribution in [0.1, 0.15) is 31.2 Å². The van der Waals surface area contributed by atoms with Crippen LogP contribution in [-0.2, 0) is 6.42 Å². The second-order valence-electron chi connectivity index (χ2n) is 5.08. The summed E-state index contributed by atoms with van der Waals surface area (Å²) < 4.78 is 0. The van der Waals surface area contributed by atoms with Gasteiger partial charge in [-0.1, -0.05) is 24.6 Å². The maximum Gasteiger partial charge on any atom is 0.0370 e. The van der Waals surface area contributed by atoms with E-state index in [9.17, 15) is 0 Å². The van der Waals surface area contributed by atoms with Crippen LogP contribution in [0, 0.1) is 0 Å². The Morgan fingerprint density at radius 2 is 2.12 bits per heavy atom. The highest BCUT2D eigenvalue weighted by Gasteiger charge is 2.18. The molecule has 0 bridgehead atoms. The zero-order chi connectivity index (χ0) is 12.1. The summed E-state index contributed by atoms with van der Waals surface area (Å²) in [6, 6.07) is 9.44. The van der Waals surface area contributed by atoms with Gasteiger partial charge in [-0.25, -0.2) is 0 Å². The van der Waals surface area contributed by atoms with E-state index >= 15 is 0 Å². The summed E-state index contributed by atoms with van der Waals surface area (Å²) in [7, 11) is 4.28. The van der Waals surface area contributed by atoms with Gasteiger partial charge in [0.2, 0.25) is 0 Å². The maximum absolute atomic E-state index is 3.28. The van der Waals surface area contributed by atoms with Gasteiger partial charge in [-0.3, -0.25) is 0 Å². The number of hydrogen-bond donors (Lipinski definition) is 1. The minimum absolute atomic E-state index is 0.786. The second-order valence-corrected chi connectivity index (χ2v) is 5.08. The molecule has 0 radical (unpaired) electrons. The lowest BCUT2D eigenvalue weighted by Crippen LogP contribution is -2.36. The van der Waals surface area contributed by atoms with Crippen molar-refractivity contribution in [3.8, 4) is 0 Å². The van der Waals surface area contributed by atoms with E-state index in [1.54, 1.807) is 0 Å². The molecule has 1 heterocycles. The van der Waals surface area contributed by atoms with E-state index in [1.165, 1.54) is 49.9 Å². The van der Waals surface area contributed by atoms with E-state index in [-0.39, 0.29) is 0 Å². The molecule has 1 aliphatic rings. The van der Waals surface area contributed by atoms with E-state index < -0.39 is 0 Å². The summed E-state index contributed by atoms with van der Waals surface area (Å²) >= 11 is 0. The highest BCUT2D eigenvalue weighted by atomic mass is 15.1. The maximum atomic E-state index is 3.28. The van der Waals surface area contributed by atoms with E-state index in [1.807, 2.05) is 7.05 Å². The van der Waals surface area contributed by atoms with Crippen molar-refractivity contribution in [1.29, 1.82) is 0 Å². The highest BCUT2D eigenvalue weighted by molar-refractivity contribution is 5.50. The summed E-state index contributed by atoms with van der Waals surface area (Å²) in [4.78, 5) is 2.53. The van der Waals surface area contributed by atoms with Crippen LogP contribution in [0.25, 0.3) is 0 Å². The van der Waals surface area contributed by atoms with Crippen molar-refractivity contribution < 1.29 is 0 Å². The molecule has 2 heteroatoms. The van der Waals surface area contributed by atoms with Crippen molar-refractivity contribution in [3.05, 3.63) is 29.8 Å². The van der Waals surface area contributed by atoms with E-state index in [0.29, 0.717) is 0 Å². The van der Waals surface area contributed by atoms with Gasteiger partial charge in [-0.15, -0.1) is 0 Å². The van der Waals surface area contributed by atoms with Crippen molar-refractivity contribution >= 4 is 5.69 Å². The van der Waals surface area contributed by atoms with Crippen molar-refractivity contribution in [2.75, 3.05) is 26.0 Å². The third kappa shape index (κ3) is 3.22. The van der Waals surface area contributed by atoms with Crippen LogP contribution in [0.5, 0.6) is 0 Å². The molecule has 0 aliphatic carbocycles. The number of benzene rings is 1. The number of nitrogens with one attached hydrogen (secondary N) is 1. The SMILES string of the molecule is CNc1ccccc1CC[C@H]1CCCCN1C. The van der Waals surface area contributed by atoms with Gasteiger partial charge in [-0.05, 0) is 50.9 Å². The van der Waals surface area contributed by atoms with Crippen LogP contribution in [0.2, 0.25) is 0 Å². The van der Waals surface area contributed by atoms with Gasteiger partial charge < -0.3 is 10.2 Å². The van der Waals surface area contributed by atoms with Gasteiger partial charge >= 0.3 is 0 Å². The lowest BCUT2D eigenvalue weighted by Gasteiger charge is -2.32. The topological polar surface area (TPSA) is 15.3 Å². The van der Waals surface area contributed by atoms with E-state index in [0.717, 1.165) is 6.04 Å². The summed E-state index contributed by atoms with van der Waals surface area (Å²) in [5, 5.41) is 3.28. The number of aryl methyl sites for hydroxylation is 1. The fraction of sp³-hybridized carbons (Fsp3) is 0.600. The van der Waals surface area contributed by atoms with Crippen LogP contribution in [-0.4, -0.2) is 31.6 Å². The Balaban J connectivity index is 1.92. The third-order valence-corrected chi connectivity index (χ3v) is 3.96. The molecule has 0 aromatic heterocycles. The Hall–Kier alpha value is -1.02. The zero-order valence-corrected chi connectivity index (χ0v) is 11.1. The normalized spacial score (nSPS) is 21.4. The number of hydrogen-bond acceptors (Lipinski definition) is 2. The molecule has 1 aliphatic heterocycles. The minimum atomic E-state index is 0.786. The van der Waals surface area contributed by atoms with Gasteiger partial charge in [0, 0.05) is 18.8 Å². The molecule has 17 heavy (non-hydrogen) atoms. The average molecular weight is 232 g/mol. The predicted molar refractivity (Wildman–Crippen MR) is 74.6 cm³/mol. The number of likely N-dealkylation sites (tertiary alicyclic amines) is 1. The number of nitrogens with zero attached hydrogens (tertiary/aromatic N) is 1. The molecule has 1 saturated heterocycles. The molecule has 94 valence electrons. The van der Waals surface area contributed by atoms with Crippen molar-refractivity contribution in [3.63, 3.8) is 0 Å². The Labute approximate surface area is 105 Å². The number of rotatable bonds is 4. The summed E-state index contributed by atoms with van der Waals surface area (Å²) in [6.45, 7) is 1.28. The highest BCUT2D eigenvalue weighted by Crippen LogP contribution is 2.22. The molecular weight excluding hydrogens is 208 g/mol. The van der Waals surface area contributed by atoms with E-state index in [2.05, 4.69) is 41.5 Å². The first-order valence-electron chi connectivity index (χ1n) is 6.77. The lowest BCUT2D eigenvalue weighted by molar-refractivity contribution is 0.176.